The van der Waals surface area contributed by atoms with Gasteiger partial charge in [0.05, 0.1) is 0 Å². The van der Waals surface area contributed by atoms with Crippen molar-refractivity contribution in [3.05, 3.63) is 35.7 Å². The van der Waals surface area contributed by atoms with E-state index in [0.29, 0.717) is 5.89 Å². The molecule has 0 spiro atoms. The number of nitrogen functional groups attached to an aromatic ring is 1. The lowest BCUT2D eigenvalue weighted by Gasteiger charge is -1.94. The SMILES string of the molecule is Cc1ccc(-c2nc(C(=O)NN)no2)cc1. The van der Waals surface area contributed by atoms with Crippen LogP contribution in [0.1, 0.15) is 16.2 Å². The monoisotopic (exact) mass is 218 g/mol. The summed E-state index contributed by atoms with van der Waals surface area (Å²) in [6.45, 7) is 1.98. The molecule has 0 fully saturated rings. The summed E-state index contributed by atoms with van der Waals surface area (Å²) in [4.78, 5) is 15.0. The van der Waals surface area contributed by atoms with Gasteiger partial charge in [-0.15, -0.1) is 0 Å². The predicted molar refractivity (Wildman–Crippen MR) is 56.1 cm³/mol. The first-order valence-electron chi connectivity index (χ1n) is 4.62. The van der Waals surface area contributed by atoms with Crippen LogP contribution in [0.4, 0.5) is 0 Å². The fourth-order valence-corrected chi connectivity index (χ4v) is 1.19. The van der Waals surface area contributed by atoms with Gasteiger partial charge < -0.3 is 4.52 Å². The normalized spacial score (nSPS) is 10.1. The molecule has 1 aromatic heterocycles. The largest absolute Gasteiger partial charge is 0.333 e. The number of aryl methyl sites for hydroxylation is 1. The maximum absolute atomic E-state index is 11.1. The summed E-state index contributed by atoms with van der Waals surface area (Å²) in [7, 11) is 0. The van der Waals surface area contributed by atoms with Crippen molar-refractivity contribution < 1.29 is 9.32 Å². The Morgan fingerprint density at radius 3 is 2.69 bits per heavy atom. The van der Waals surface area contributed by atoms with Crippen LogP contribution in [0, 0.1) is 6.92 Å². The number of rotatable bonds is 2. The lowest BCUT2D eigenvalue weighted by molar-refractivity contribution is 0.0940. The maximum atomic E-state index is 11.1. The van der Waals surface area contributed by atoms with Gasteiger partial charge in [-0.25, -0.2) is 5.84 Å². The second kappa shape index (κ2) is 4.11. The van der Waals surface area contributed by atoms with Crippen LogP contribution in [0.25, 0.3) is 11.5 Å². The molecule has 0 aliphatic rings. The molecular weight excluding hydrogens is 208 g/mol. The molecule has 6 heteroatoms. The number of nitrogens with two attached hydrogens (primary N) is 1. The van der Waals surface area contributed by atoms with E-state index in [-0.39, 0.29) is 5.82 Å². The van der Waals surface area contributed by atoms with E-state index < -0.39 is 5.91 Å². The summed E-state index contributed by atoms with van der Waals surface area (Å²) < 4.78 is 4.94. The van der Waals surface area contributed by atoms with Crippen LogP contribution in [0.5, 0.6) is 0 Å². The Kier molecular flexibility index (Phi) is 2.65. The number of carbonyl (C=O) groups is 1. The van der Waals surface area contributed by atoms with E-state index in [1.165, 1.54) is 0 Å². The number of aromatic nitrogens is 2. The standard InChI is InChI=1S/C10H10N4O2/c1-6-2-4-7(5-3-6)10-12-8(14-16-10)9(15)13-11/h2-5H,11H2,1H3,(H,13,15). The maximum Gasteiger partial charge on any atom is 0.306 e. The highest BCUT2D eigenvalue weighted by atomic mass is 16.5. The molecule has 3 N–H and O–H groups in total. The molecule has 2 rings (SSSR count). The Morgan fingerprint density at radius 1 is 1.38 bits per heavy atom. The van der Waals surface area contributed by atoms with Gasteiger partial charge in [0.2, 0.25) is 0 Å². The Morgan fingerprint density at radius 2 is 2.06 bits per heavy atom. The van der Waals surface area contributed by atoms with Gasteiger partial charge in [-0.05, 0) is 19.1 Å². The minimum atomic E-state index is -0.581. The van der Waals surface area contributed by atoms with Crippen molar-refractivity contribution in [3.63, 3.8) is 0 Å². The Labute approximate surface area is 91.4 Å². The molecule has 16 heavy (non-hydrogen) atoms. The van der Waals surface area contributed by atoms with E-state index >= 15 is 0 Å². The van der Waals surface area contributed by atoms with Crippen LogP contribution in [0.3, 0.4) is 0 Å². The molecule has 1 aromatic carbocycles. The minimum Gasteiger partial charge on any atom is -0.333 e. The van der Waals surface area contributed by atoms with Crippen molar-refractivity contribution in [1.29, 1.82) is 0 Å². The minimum absolute atomic E-state index is 0.0851. The lowest BCUT2D eigenvalue weighted by Crippen LogP contribution is -2.30. The van der Waals surface area contributed by atoms with Gasteiger partial charge in [-0.1, -0.05) is 22.9 Å². The molecule has 0 unspecified atom stereocenters. The number of hydrogen-bond donors (Lipinski definition) is 2. The highest BCUT2D eigenvalue weighted by Crippen LogP contribution is 2.17. The molecule has 1 amide bonds. The third kappa shape index (κ3) is 1.91. The first-order valence-corrected chi connectivity index (χ1v) is 4.62. The molecule has 0 radical (unpaired) electrons. The molecule has 0 atom stereocenters. The van der Waals surface area contributed by atoms with E-state index in [1.54, 1.807) is 0 Å². The quantitative estimate of drug-likeness (QED) is 0.438. The van der Waals surface area contributed by atoms with E-state index in [2.05, 4.69) is 10.1 Å². The zero-order chi connectivity index (χ0) is 11.5. The van der Waals surface area contributed by atoms with Crippen LogP contribution >= 0.6 is 0 Å². The van der Waals surface area contributed by atoms with Crippen LogP contribution in [0.15, 0.2) is 28.8 Å². The third-order valence-corrected chi connectivity index (χ3v) is 2.06. The average Bonchev–Trinajstić information content (AvgIpc) is 2.78. The summed E-state index contributed by atoms with van der Waals surface area (Å²) in [5.74, 6) is 4.57. The summed E-state index contributed by atoms with van der Waals surface area (Å²) in [6, 6.07) is 7.52. The van der Waals surface area contributed by atoms with Gasteiger partial charge in [-0.2, -0.15) is 4.98 Å². The third-order valence-electron chi connectivity index (χ3n) is 2.06. The van der Waals surface area contributed by atoms with E-state index in [1.807, 2.05) is 36.6 Å². The highest BCUT2D eigenvalue weighted by molar-refractivity contribution is 5.90. The molecule has 0 saturated carbocycles. The van der Waals surface area contributed by atoms with Gasteiger partial charge in [0.15, 0.2) is 0 Å². The fourth-order valence-electron chi connectivity index (χ4n) is 1.19. The average molecular weight is 218 g/mol. The van der Waals surface area contributed by atoms with Crippen molar-refractivity contribution in [2.45, 2.75) is 6.92 Å². The Bertz CT molecular complexity index is 504. The van der Waals surface area contributed by atoms with Crippen molar-refractivity contribution >= 4 is 5.91 Å². The van der Waals surface area contributed by atoms with Gasteiger partial charge in [0.1, 0.15) is 0 Å². The second-order valence-corrected chi connectivity index (χ2v) is 3.26. The van der Waals surface area contributed by atoms with Crippen LogP contribution < -0.4 is 11.3 Å². The van der Waals surface area contributed by atoms with E-state index in [0.717, 1.165) is 11.1 Å². The van der Waals surface area contributed by atoms with E-state index in [4.69, 9.17) is 10.4 Å². The van der Waals surface area contributed by atoms with Gasteiger partial charge in [-0.3, -0.25) is 10.2 Å². The summed E-state index contributed by atoms with van der Waals surface area (Å²) in [6.07, 6.45) is 0. The number of nitrogens with zero attached hydrogens (tertiary/aromatic N) is 2. The number of benzene rings is 1. The molecule has 6 nitrogen and oxygen atoms in total. The number of nitrogens with one attached hydrogen (secondary N) is 1. The number of hydrazine groups is 1. The molecule has 0 saturated heterocycles. The topological polar surface area (TPSA) is 94.0 Å². The second-order valence-electron chi connectivity index (χ2n) is 3.26. The lowest BCUT2D eigenvalue weighted by atomic mass is 10.1. The number of amides is 1. The molecule has 0 bridgehead atoms. The fraction of sp³-hybridized carbons (Fsp3) is 0.100. The summed E-state index contributed by atoms with van der Waals surface area (Å²) in [5, 5.41) is 3.51. The van der Waals surface area contributed by atoms with Crippen LogP contribution in [-0.4, -0.2) is 16.0 Å². The zero-order valence-corrected chi connectivity index (χ0v) is 8.60. The van der Waals surface area contributed by atoms with Crippen molar-refractivity contribution in [2.75, 3.05) is 0 Å². The van der Waals surface area contributed by atoms with Gasteiger partial charge in [0, 0.05) is 5.56 Å². The number of hydrogen-bond acceptors (Lipinski definition) is 5. The first kappa shape index (κ1) is 10.3. The molecule has 0 aliphatic heterocycles. The molecule has 0 aliphatic carbocycles. The van der Waals surface area contributed by atoms with Crippen molar-refractivity contribution in [1.82, 2.24) is 15.6 Å². The molecule has 1 heterocycles. The molecule has 82 valence electrons. The van der Waals surface area contributed by atoms with Crippen molar-refractivity contribution in [3.8, 4) is 11.5 Å². The molecular formula is C10H10N4O2. The summed E-state index contributed by atoms with van der Waals surface area (Å²) in [5.41, 5.74) is 3.82. The highest BCUT2D eigenvalue weighted by Gasteiger charge is 2.13. The Balaban J connectivity index is 2.31. The summed E-state index contributed by atoms with van der Waals surface area (Å²) >= 11 is 0. The van der Waals surface area contributed by atoms with Crippen molar-refractivity contribution in [2.24, 2.45) is 5.84 Å². The first-order chi connectivity index (χ1) is 7.70. The number of carbonyl (C=O) groups excluding carboxylic acids is 1. The predicted octanol–water partition coefficient (Wildman–Crippen LogP) is 0.649. The van der Waals surface area contributed by atoms with Crippen LogP contribution in [0.2, 0.25) is 0 Å². The molecule has 2 aromatic rings. The van der Waals surface area contributed by atoms with Gasteiger partial charge in [0.25, 0.3) is 11.7 Å². The zero-order valence-electron chi connectivity index (χ0n) is 8.60. The smallest absolute Gasteiger partial charge is 0.306 e. The van der Waals surface area contributed by atoms with E-state index in [9.17, 15) is 4.79 Å². The Hall–Kier alpha value is -2.21. The van der Waals surface area contributed by atoms with Gasteiger partial charge >= 0.3 is 5.91 Å². The van der Waals surface area contributed by atoms with Crippen LogP contribution in [-0.2, 0) is 0 Å².